The Hall–Kier alpha value is -2.10. The Morgan fingerprint density at radius 3 is 2.24 bits per heavy atom. The highest BCUT2D eigenvalue weighted by molar-refractivity contribution is 5.68. The van der Waals surface area contributed by atoms with E-state index >= 15 is 0 Å². The van der Waals surface area contributed by atoms with Gasteiger partial charge in [0.2, 0.25) is 0 Å². The summed E-state index contributed by atoms with van der Waals surface area (Å²) in [5.41, 5.74) is 9.93. The molecule has 0 radical (unpaired) electrons. The first-order valence-corrected chi connectivity index (χ1v) is 7.03. The molecule has 21 heavy (non-hydrogen) atoms. The van der Waals surface area contributed by atoms with Gasteiger partial charge in [0, 0.05) is 17.0 Å². The standard InChI is InChI=1S/C17H23N3O/c1-10-8-14(21-6)11(2)7-12(10)13-9-15(18)20-16(19-13)17(3,4)5/h7-9H,1-6H3,(H2,18,19,20). The van der Waals surface area contributed by atoms with Gasteiger partial charge in [-0.25, -0.2) is 9.97 Å². The summed E-state index contributed by atoms with van der Waals surface area (Å²) in [6, 6.07) is 5.94. The Balaban J connectivity index is 2.62. The Bertz CT molecular complexity index is 672. The summed E-state index contributed by atoms with van der Waals surface area (Å²) in [7, 11) is 1.68. The molecular weight excluding hydrogens is 262 g/mol. The summed E-state index contributed by atoms with van der Waals surface area (Å²) in [5.74, 6) is 2.14. The van der Waals surface area contributed by atoms with E-state index < -0.39 is 0 Å². The van der Waals surface area contributed by atoms with E-state index in [2.05, 4.69) is 31.8 Å². The molecule has 0 amide bonds. The number of nitrogens with two attached hydrogens (primary N) is 1. The van der Waals surface area contributed by atoms with Gasteiger partial charge in [-0.15, -0.1) is 0 Å². The Kier molecular flexibility index (Phi) is 3.90. The molecule has 0 bridgehead atoms. The van der Waals surface area contributed by atoms with E-state index in [4.69, 9.17) is 15.5 Å². The predicted octanol–water partition coefficient (Wildman–Crippen LogP) is 3.65. The summed E-state index contributed by atoms with van der Waals surface area (Å²) < 4.78 is 5.36. The molecule has 0 saturated heterocycles. The molecule has 0 aliphatic carbocycles. The first-order valence-electron chi connectivity index (χ1n) is 7.03. The molecule has 0 saturated carbocycles. The van der Waals surface area contributed by atoms with Gasteiger partial charge in [-0.3, -0.25) is 0 Å². The second-order valence-corrected chi connectivity index (χ2v) is 6.39. The molecule has 1 heterocycles. The van der Waals surface area contributed by atoms with E-state index in [1.165, 1.54) is 0 Å². The van der Waals surface area contributed by atoms with Crippen LogP contribution in [0.1, 0.15) is 37.7 Å². The van der Waals surface area contributed by atoms with E-state index in [9.17, 15) is 0 Å². The van der Waals surface area contributed by atoms with E-state index in [0.29, 0.717) is 5.82 Å². The highest BCUT2D eigenvalue weighted by Gasteiger charge is 2.19. The average Bonchev–Trinajstić information content (AvgIpc) is 2.39. The minimum atomic E-state index is -0.139. The molecular formula is C17H23N3O. The fourth-order valence-electron chi connectivity index (χ4n) is 2.22. The highest BCUT2D eigenvalue weighted by Crippen LogP contribution is 2.31. The molecule has 2 N–H and O–H groups in total. The smallest absolute Gasteiger partial charge is 0.136 e. The van der Waals surface area contributed by atoms with Gasteiger partial charge in [0.15, 0.2) is 0 Å². The van der Waals surface area contributed by atoms with Crippen LogP contribution in [0.5, 0.6) is 5.75 Å². The summed E-state index contributed by atoms with van der Waals surface area (Å²) in [5, 5.41) is 0. The molecule has 4 nitrogen and oxygen atoms in total. The molecule has 0 aliphatic rings. The molecule has 0 aliphatic heterocycles. The Morgan fingerprint density at radius 1 is 1.00 bits per heavy atom. The van der Waals surface area contributed by atoms with Crippen molar-refractivity contribution in [2.24, 2.45) is 0 Å². The van der Waals surface area contributed by atoms with Crippen LogP contribution in [-0.4, -0.2) is 17.1 Å². The number of hydrogen-bond acceptors (Lipinski definition) is 4. The second-order valence-electron chi connectivity index (χ2n) is 6.39. The number of nitrogen functional groups attached to an aromatic ring is 1. The molecule has 112 valence electrons. The van der Waals surface area contributed by atoms with Crippen molar-refractivity contribution >= 4 is 5.82 Å². The molecule has 0 unspecified atom stereocenters. The van der Waals surface area contributed by atoms with Crippen LogP contribution in [0.3, 0.4) is 0 Å². The van der Waals surface area contributed by atoms with Gasteiger partial charge >= 0.3 is 0 Å². The summed E-state index contributed by atoms with van der Waals surface area (Å²) >= 11 is 0. The number of rotatable bonds is 2. The van der Waals surface area contributed by atoms with Gasteiger partial charge in [0.05, 0.1) is 12.8 Å². The number of aryl methyl sites for hydroxylation is 2. The monoisotopic (exact) mass is 285 g/mol. The number of methoxy groups -OCH3 is 1. The van der Waals surface area contributed by atoms with Crippen molar-refractivity contribution in [3.05, 3.63) is 35.2 Å². The van der Waals surface area contributed by atoms with Crippen molar-refractivity contribution in [2.45, 2.75) is 40.0 Å². The minimum absolute atomic E-state index is 0.139. The molecule has 4 heteroatoms. The van der Waals surface area contributed by atoms with Crippen LogP contribution in [0.4, 0.5) is 5.82 Å². The van der Waals surface area contributed by atoms with Crippen LogP contribution in [0.25, 0.3) is 11.3 Å². The zero-order valence-corrected chi connectivity index (χ0v) is 13.6. The largest absolute Gasteiger partial charge is 0.496 e. The van der Waals surface area contributed by atoms with E-state index in [-0.39, 0.29) is 5.41 Å². The molecule has 0 atom stereocenters. The summed E-state index contributed by atoms with van der Waals surface area (Å²) in [4.78, 5) is 9.06. The van der Waals surface area contributed by atoms with Gasteiger partial charge in [0.1, 0.15) is 17.4 Å². The van der Waals surface area contributed by atoms with Crippen molar-refractivity contribution in [3.63, 3.8) is 0 Å². The van der Waals surface area contributed by atoms with Crippen LogP contribution in [0.2, 0.25) is 0 Å². The first-order chi connectivity index (χ1) is 9.72. The third-order valence-corrected chi connectivity index (χ3v) is 3.43. The predicted molar refractivity (Wildman–Crippen MR) is 86.6 cm³/mol. The minimum Gasteiger partial charge on any atom is -0.496 e. The zero-order valence-electron chi connectivity index (χ0n) is 13.6. The van der Waals surface area contributed by atoms with Crippen LogP contribution >= 0.6 is 0 Å². The van der Waals surface area contributed by atoms with E-state index in [0.717, 1.165) is 34.0 Å². The average molecular weight is 285 g/mol. The lowest BCUT2D eigenvalue weighted by Crippen LogP contribution is -2.17. The lowest BCUT2D eigenvalue weighted by molar-refractivity contribution is 0.411. The fourth-order valence-corrected chi connectivity index (χ4v) is 2.22. The van der Waals surface area contributed by atoms with E-state index in [1.807, 2.05) is 26.0 Å². The van der Waals surface area contributed by atoms with Crippen LogP contribution in [-0.2, 0) is 5.41 Å². The number of ether oxygens (including phenoxy) is 1. The van der Waals surface area contributed by atoms with Crippen LogP contribution < -0.4 is 10.5 Å². The lowest BCUT2D eigenvalue weighted by Gasteiger charge is -2.18. The van der Waals surface area contributed by atoms with Crippen molar-refractivity contribution < 1.29 is 4.74 Å². The van der Waals surface area contributed by atoms with Gasteiger partial charge in [0.25, 0.3) is 0 Å². The second kappa shape index (κ2) is 5.35. The number of hydrogen-bond donors (Lipinski definition) is 1. The highest BCUT2D eigenvalue weighted by atomic mass is 16.5. The van der Waals surface area contributed by atoms with Gasteiger partial charge in [-0.05, 0) is 37.1 Å². The maximum Gasteiger partial charge on any atom is 0.136 e. The molecule has 1 aromatic heterocycles. The number of aromatic nitrogens is 2. The third-order valence-electron chi connectivity index (χ3n) is 3.43. The molecule has 0 fully saturated rings. The summed E-state index contributed by atoms with van der Waals surface area (Å²) in [6.07, 6.45) is 0. The maximum absolute atomic E-state index is 5.96. The van der Waals surface area contributed by atoms with E-state index in [1.54, 1.807) is 7.11 Å². The van der Waals surface area contributed by atoms with Gasteiger partial charge < -0.3 is 10.5 Å². The number of benzene rings is 1. The fraction of sp³-hybridized carbons (Fsp3) is 0.412. The Morgan fingerprint density at radius 2 is 1.67 bits per heavy atom. The normalized spacial score (nSPS) is 11.5. The molecule has 1 aromatic carbocycles. The van der Waals surface area contributed by atoms with Crippen LogP contribution in [0, 0.1) is 13.8 Å². The van der Waals surface area contributed by atoms with Crippen LogP contribution in [0.15, 0.2) is 18.2 Å². The first kappa shape index (κ1) is 15.3. The number of anilines is 1. The van der Waals surface area contributed by atoms with Crippen molar-refractivity contribution in [3.8, 4) is 17.0 Å². The van der Waals surface area contributed by atoms with Gasteiger partial charge in [-0.2, -0.15) is 0 Å². The topological polar surface area (TPSA) is 61.0 Å². The van der Waals surface area contributed by atoms with Crippen molar-refractivity contribution in [2.75, 3.05) is 12.8 Å². The zero-order chi connectivity index (χ0) is 15.8. The van der Waals surface area contributed by atoms with Crippen molar-refractivity contribution in [1.29, 1.82) is 0 Å². The summed E-state index contributed by atoms with van der Waals surface area (Å²) in [6.45, 7) is 10.3. The maximum atomic E-state index is 5.96. The third kappa shape index (κ3) is 3.15. The number of nitrogens with zero attached hydrogens (tertiary/aromatic N) is 2. The van der Waals surface area contributed by atoms with Crippen molar-refractivity contribution in [1.82, 2.24) is 9.97 Å². The SMILES string of the molecule is COc1cc(C)c(-c2cc(N)nc(C(C)(C)C)n2)cc1C. The Labute approximate surface area is 126 Å². The molecule has 2 aromatic rings. The molecule has 2 rings (SSSR count). The van der Waals surface area contributed by atoms with Gasteiger partial charge in [-0.1, -0.05) is 20.8 Å². The lowest BCUT2D eigenvalue weighted by atomic mass is 9.95. The molecule has 0 spiro atoms. The quantitative estimate of drug-likeness (QED) is 0.915.